The summed E-state index contributed by atoms with van der Waals surface area (Å²) in [5.74, 6) is 0.766. The van der Waals surface area contributed by atoms with Gasteiger partial charge in [-0.2, -0.15) is 4.31 Å². The summed E-state index contributed by atoms with van der Waals surface area (Å²) in [7, 11) is -1.89. The number of hydrogen-bond donors (Lipinski definition) is 0. The lowest BCUT2D eigenvalue weighted by molar-refractivity contribution is 0.101. The largest absolute Gasteiger partial charge is 0.496 e. The molecule has 0 atom stereocenters. The number of rotatable bonds is 6. The van der Waals surface area contributed by atoms with Crippen LogP contribution in [0.3, 0.4) is 0 Å². The third-order valence-corrected chi connectivity index (χ3v) is 6.73. The Morgan fingerprint density at radius 3 is 2.22 bits per heavy atom. The summed E-state index contributed by atoms with van der Waals surface area (Å²) < 4.78 is 32.6. The Kier molecular flexibility index (Phi) is 5.94. The van der Waals surface area contributed by atoms with E-state index in [0.29, 0.717) is 31.7 Å². The van der Waals surface area contributed by atoms with Crippen LogP contribution in [-0.4, -0.2) is 56.7 Å². The van der Waals surface area contributed by atoms with E-state index in [0.717, 1.165) is 17.9 Å². The summed E-state index contributed by atoms with van der Waals surface area (Å²) in [4.78, 5) is 13.8. The lowest BCUT2D eigenvalue weighted by atomic mass is 10.2. The van der Waals surface area contributed by atoms with E-state index >= 15 is 0 Å². The van der Waals surface area contributed by atoms with Crippen molar-refractivity contribution in [3.05, 3.63) is 59.7 Å². The van der Waals surface area contributed by atoms with E-state index in [1.54, 1.807) is 19.2 Å². The van der Waals surface area contributed by atoms with Gasteiger partial charge in [-0.25, -0.2) is 8.42 Å². The monoisotopic (exact) mass is 388 g/mol. The van der Waals surface area contributed by atoms with Crippen LogP contribution in [0.2, 0.25) is 0 Å². The van der Waals surface area contributed by atoms with Crippen LogP contribution in [0, 0.1) is 0 Å². The number of ketones is 1. The molecule has 0 aromatic heterocycles. The molecule has 0 bridgehead atoms. The number of ether oxygens (including phenoxy) is 1. The molecule has 0 radical (unpaired) electrons. The molecule has 1 fully saturated rings. The van der Waals surface area contributed by atoms with Crippen molar-refractivity contribution in [2.45, 2.75) is 18.4 Å². The normalized spacial score (nSPS) is 16.2. The van der Waals surface area contributed by atoms with Crippen LogP contribution in [0.15, 0.2) is 53.4 Å². The predicted octanol–water partition coefficient (Wildman–Crippen LogP) is 2.40. The molecule has 1 saturated heterocycles. The Balaban J connectivity index is 1.65. The van der Waals surface area contributed by atoms with Gasteiger partial charge in [-0.15, -0.1) is 0 Å². The molecule has 7 heteroatoms. The van der Waals surface area contributed by atoms with Crippen LogP contribution < -0.4 is 4.74 Å². The van der Waals surface area contributed by atoms with E-state index in [1.165, 1.54) is 23.4 Å². The lowest BCUT2D eigenvalue weighted by Crippen LogP contribution is -2.48. The number of carbonyl (C=O) groups excluding carboxylic acids is 1. The van der Waals surface area contributed by atoms with Gasteiger partial charge in [-0.1, -0.05) is 30.3 Å². The molecule has 6 nitrogen and oxygen atoms in total. The third-order valence-electron chi connectivity index (χ3n) is 4.82. The highest BCUT2D eigenvalue weighted by molar-refractivity contribution is 7.89. The molecule has 27 heavy (non-hydrogen) atoms. The quantitative estimate of drug-likeness (QED) is 0.711. The molecule has 0 N–H and O–H groups in total. The molecule has 0 aliphatic carbocycles. The molecule has 1 heterocycles. The van der Waals surface area contributed by atoms with Crippen LogP contribution in [-0.2, 0) is 16.6 Å². The first-order valence-corrected chi connectivity index (χ1v) is 10.3. The highest BCUT2D eigenvalue weighted by Gasteiger charge is 2.28. The molecular formula is C20H24N2O4S. The number of benzene rings is 2. The zero-order valence-electron chi connectivity index (χ0n) is 15.6. The Bertz CT molecular complexity index is 902. The van der Waals surface area contributed by atoms with E-state index in [4.69, 9.17) is 4.74 Å². The van der Waals surface area contributed by atoms with Crippen molar-refractivity contribution in [1.29, 1.82) is 0 Å². The van der Waals surface area contributed by atoms with Gasteiger partial charge in [0.1, 0.15) is 5.75 Å². The smallest absolute Gasteiger partial charge is 0.243 e. The molecule has 0 spiro atoms. The molecule has 0 saturated carbocycles. The summed E-state index contributed by atoms with van der Waals surface area (Å²) in [5, 5.41) is 0. The number of sulfonamides is 1. The van der Waals surface area contributed by atoms with E-state index < -0.39 is 10.0 Å². The van der Waals surface area contributed by atoms with Crippen LogP contribution in [0.5, 0.6) is 5.75 Å². The summed E-state index contributed by atoms with van der Waals surface area (Å²) in [6.07, 6.45) is 0. The third kappa shape index (κ3) is 4.37. The zero-order valence-corrected chi connectivity index (χ0v) is 16.4. The second kappa shape index (κ2) is 8.21. The van der Waals surface area contributed by atoms with Crippen molar-refractivity contribution in [3.8, 4) is 5.75 Å². The Morgan fingerprint density at radius 2 is 1.63 bits per heavy atom. The summed E-state index contributed by atoms with van der Waals surface area (Å²) >= 11 is 0. The summed E-state index contributed by atoms with van der Waals surface area (Å²) in [6.45, 7) is 4.37. The number of hydrogen-bond acceptors (Lipinski definition) is 5. The van der Waals surface area contributed by atoms with Crippen molar-refractivity contribution < 1.29 is 17.9 Å². The molecule has 2 aromatic rings. The zero-order chi connectivity index (χ0) is 19.4. The second-order valence-corrected chi connectivity index (χ2v) is 8.51. The first-order valence-electron chi connectivity index (χ1n) is 8.87. The number of piperazine rings is 1. The molecule has 144 valence electrons. The van der Waals surface area contributed by atoms with Crippen LogP contribution in [0.25, 0.3) is 0 Å². The fourth-order valence-electron chi connectivity index (χ4n) is 3.21. The van der Waals surface area contributed by atoms with Gasteiger partial charge in [-0.3, -0.25) is 9.69 Å². The number of carbonyl (C=O) groups is 1. The van der Waals surface area contributed by atoms with Gasteiger partial charge in [0.2, 0.25) is 10.0 Å². The molecule has 2 aromatic carbocycles. The van der Waals surface area contributed by atoms with E-state index in [2.05, 4.69) is 4.90 Å². The topological polar surface area (TPSA) is 66.9 Å². The average molecular weight is 388 g/mol. The molecule has 3 rings (SSSR count). The van der Waals surface area contributed by atoms with Gasteiger partial charge < -0.3 is 4.74 Å². The van der Waals surface area contributed by atoms with Gasteiger partial charge in [0.15, 0.2) is 5.78 Å². The number of Topliss-reactive ketones (excluding diaryl/α,β-unsaturated/α-hetero) is 1. The van der Waals surface area contributed by atoms with E-state index in [1.807, 2.05) is 24.3 Å². The van der Waals surface area contributed by atoms with E-state index in [9.17, 15) is 13.2 Å². The minimum Gasteiger partial charge on any atom is -0.496 e. The fourth-order valence-corrected chi connectivity index (χ4v) is 4.64. The van der Waals surface area contributed by atoms with E-state index in [-0.39, 0.29) is 10.7 Å². The maximum atomic E-state index is 12.8. The predicted molar refractivity (Wildman–Crippen MR) is 103 cm³/mol. The molecular weight excluding hydrogens is 364 g/mol. The molecule has 1 aliphatic rings. The van der Waals surface area contributed by atoms with Gasteiger partial charge in [0.25, 0.3) is 0 Å². The first-order chi connectivity index (χ1) is 12.9. The second-order valence-electron chi connectivity index (χ2n) is 6.57. The number of para-hydroxylation sites is 1. The number of nitrogens with zero attached hydrogens (tertiary/aromatic N) is 2. The highest BCUT2D eigenvalue weighted by atomic mass is 32.2. The minimum atomic E-state index is -3.54. The average Bonchev–Trinajstić information content (AvgIpc) is 2.69. The van der Waals surface area contributed by atoms with Gasteiger partial charge in [-0.05, 0) is 25.1 Å². The van der Waals surface area contributed by atoms with Crippen LogP contribution >= 0.6 is 0 Å². The summed E-state index contributed by atoms with van der Waals surface area (Å²) in [6, 6.07) is 14.0. The lowest BCUT2D eigenvalue weighted by Gasteiger charge is -2.34. The Hall–Kier alpha value is -2.22. The van der Waals surface area contributed by atoms with Crippen molar-refractivity contribution in [2.75, 3.05) is 33.3 Å². The SMILES string of the molecule is COc1ccccc1CN1CCN(S(=O)(=O)c2ccc(C(C)=O)cc2)CC1. The van der Waals surface area contributed by atoms with Crippen LogP contribution in [0.4, 0.5) is 0 Å². The van der Waals surface area contributed by atoms with Crippen LogP contribution in [0.1, 0.15) is 22.8 Å². The minimum absolute atomic E-state index is 0.0797. The molecule has 1 aliphatic heterocycles. The first kappa shape index (κ1) is 19.5. The number of methoxy groups -OCH3 is 1. The fraction of sp³-hybridized carbons (Fsp3) is 0.350. The van der Waals surface area contributed by atoms with Gasteiger partial charge in [0, 0.05) is 43.9 Å². The van der Waals surface area contributed by atoms with Crippen molar-refractivity contribution in [3.63, 3.8) is 0 Å². The van der Waals surface area contributed by atoms with Gasteiger partial charge >= 0.3 is 0 Å². The van der Waals surface area contributed by atoms with Crippen molar-refractivity contribution in [1.82, 2.24) is 9.21 Å². The maximum absolute atomic E-state index is 12.8. The highest BCUT2D eigenvalue weighted by Crippen LogP contribution is 2.22. The Morgan fingerprint density at radius 1 is 1.00 bits per heavy atom. The Labute approximate surface area is 160 Å². The molecule has 0 unspecified atom stereocenters. The van der Waals surface area contributed by atoms with Crippen molar-refractivity contribution in [2.24, 2.45) is 0 Å². The molecule has 0 amide bonds. The maximum Gasteiger partial charge on any atom is 0.243 e. The van der Waals surface area contributed by atoms with Crippen molar-refractivity contribution >= 4 is 15.8 Å². The standard InChI is InChI=1S/C20H24N2O4S/c1-16(23)17-7-9-19(10-8-17)27(24,25)22-13-11-21(12-14-22)15-18-5-3-4-6-20(18)26-2/h3-10H,11-15H2,1-2H3. The van der Waals surface area contributed by atoms with Gasteiger partial charge in [0.05, 0.1) is 12.0 Å². The summed E-state index contributed by atoms with van der Waals surface area (Å²) in [5.41, 5.74) is 1.60.